The minimum atomic E-state index is -0.772. The molecule has 0 aromatic heterocycles. The van der Waals surface area contributed by atoms with Gasteiger partial charge in [-0.15, -0.1) is 0 Å². The summed E-state index contributed by atoms with van der Waals surface area (Å²) in [6, 6.07) is 17.0. The molecule has 1 fully saturated rings. The first-order valence-electron chi connectivity index (χ1n) is 9.80. The molecular weight excluding hydrogens is 320 g/mol. The zero-order valence-electron chi connectivity index (χ0n) is 16.5. The molecule has 0 aliphatic heterocycles. The molecule has 0 amide bonds. The van der Waals surface area contributed by atoms with Gasteiger partial charge in [0, 0.05) is 0 Å². The van der Waals surface area contributed by atoms with Gasteiger partial charge in [-0.1, -0.05) is 48.5 Å². The van der Waals surface area contributed by atoms with Gasteiger partial charge in [-0.25, -0.2) is 0 Å². The van der Waals surface area contributed by atoms with Crippen molar-refractivity contribution >= 4 is 0 Å². The normalized spacial score (nSPS) is 21.6. The van der Waals surface area contributed by atoms with E-state index in [1.807, 2.05) is 27.7 Å². The molecule has 2 heteroatoms. The number of rotatable bonds is 4. The fraction of sp³-hybridized carbons (Fsp3) is 0.500. The Morgan fingerprint density at radius 3 is 1.08 bits per heavy atom. The van der Waals surface area contributed by atoms with E-state index in [0.717, 1.165) is 11.1 Å². The van der Waals surface area contributed by atoms with Crippen molar-refractivity contribution in [3.05, 3.63) is 70.8 Å². The van der Waals surface area contributed by atoms with Crippen molar-refractivity contribution < 1.29 is 10.2 Å². The third-order valence-corrected chi connectivity index (χ3v) is 5.90. The predicted molar refractivity (Wildman–Crippen MR) is 107 cm³/mol. The first kappa shape index (κ1) is 19.1. The van der Waals surface area contributed by atoms with Gasteiger partial charge in [-0.2, -0.15) is 0 Å². The van der Waals surface area contributed by atoms with Crippen LogP contribution in [0.5, 0.6) is 0 Å². The molecule has 1 saturated carbocycles. The Hall–Kier alpha value is -1.64. The summed E-state index contributed by atoms with van der Waals surface area (Å²) in [4.78, 5) is 0. The Kier molecular flexibility index (Phi) is 5.28. The van der Waals surface area contributed by atoms with E-state index in [-0.39, 0.29) is 0 Å². The van der Waals surface area contributed by atoms with E-state index in [1.54, 1.807) is 0 Å². The molecule has 26 heavy (non-hydrogen) atoms. The summed E-state index contributed by atoms with van der Waals surface area (Å²) in [6.07, 6.45) is 4.83. The molecule has 3 rings (SSSR count). The number of aliphatic hydroxyl groups is 2. The average molecular weight is 353 g/mol. The zero-order valence-corrected chi connectivity index (χ0v) is 16.5. The maximum atomic E-state index is 10.1. The number of hydrogen-bond acceptors (Lipinski definition) is 2. The minimum absolute atomic E-state index is 0.623. The Morgan fingerprint density at radius 2 is 0.846 bits per heavy atom. The smallest absolute Gasteiger partial charge is 0.0840 e. The summed E-state index contributed by atoms with van der Waals surface area (Å²) >= 11 is 0. The molecule has 0 unspecified atom stereocenters. The first-order chi connectivity index (χ1) is 12.1. The second-order valence-electron chi connectivity index (χ2n) is 8.91. The van der Waals surface area contributed by atoms with Crippen LogP contribution in [0, 0.1) is 0 Å². The fourth-order valence-electron chi connectivity index (χ4n) is 4.09. The number of hydrogen-bond donors (Lipinski definition) is 2. The van der Waals surface area contributed by atoms with E-state index in [1.165, 1.54) is 36.8 Å². The topological polar surface area (TPSA) is 40.5 Å². The summed E-state index contributed by atoms with van der Waals surface area (Å²) in [5, 5.41) is 20.2. The van der Waals surface area contributed by atoms with E-state index in [9.17, 15) is 10.2 Å². The highest BCUT2D eigenvalue weighted by Crippen LogP contribution is 2.41. The Bertz CT molecular complexity index is 641. The van der Waals surface area contributed by atoms with Crippen molar-refractivity contribution in [1.82, 2.24) is 0 Å². The van der Waals surface area contributed by atoms with Crippen LogP contribution in [0.1, 0.15) is 87.5 Å². The van der Waals surface area contributed by atoms with Crippen LogP contribution < -0.4 is 0 Å². The third-order valence-electron chi connectivity index (χ3n) is 5.90. The van der Waals surface area contributed by atoms with Gasteiger partial charge < -0.3 is 10.2 Å². The van der Waals surface area contributed by atoms with Crippen LogP contribution in [0.4, 0.5) is 0 Å². The third kappa shape index (κ3) is 4.36. The molecule has 0 heterocycles. The van der Waals surface area contributed by atoms with Gasteiger partial charge in [-0.05, 0) is 87.5 Å². The summed E-state index contributed by atoms with van der Waals surface area (Å²) < 4.78 is 0. The Labute approximate surface area is 157 Å². The molecule has 1 aliphatic rings. The minimum Gasteiger partial charge on any atom is -0.386 e. The monoisotopic (exact) mass is 352 g/mol. The van der Waals surface area contributed by atoms with Crippen LogP contribution in [0.15, 0.2) is 48.5 Å². The van der Waals surface area contributed by atoms with Gasteiger partial charge in [0.05, 0.1) is 11.2 Å². The molecular formula is C24H32O2. The van der Waals surface area contributed by atoms with Crippen LogP contribution >= 0.6 is 0 Å². The molecule has 0 saturated heterocycles. The van der Waals surface area contributed by atoms with Crippen LogP contribution in [0.3, 0.4) is 0 Å². The summed E-state index contributed by atoms with van der Waals surface area (Å²) in [5.41, 5.74) is 3.20. The largest absolute Gasteiger partial charge is 0.386 e. The maximum absolute atomic E-state index is 10.1. The highest BCUT2D eigenvalue weighted by Gasteiger charge is 2.25. The van der Waals surface area contributed by atoms with Crippen molar-refractivity contribution in [3.63, 3.8) is 0 Å². The molecule has 0 bridgehead atoms. The van der Waals surface area contributed by atoms with E-state index >= 15 is 0 Å². The highest BCUT2D eigenvalue weighted by molar-refractivity contribution is 5.31. The van der Waals surface area contributed by atoms with Crippen LogP contribution in [0.2, 0.25) is 0 Å². The van der Waals surface area contributed by atoms with Gasteiger partial charge in [0.2, 0.25) is 0 Å². The van der Waals surface area contributed by atoms with Crippen LogP contribution in [-0.2, 0) is 11.2 Å². The summed E-state index contributed by atoms with van der Waals surface area (Å²) in [5.74, 6) is 1.25. The molecule has 2 aromatic rings. The molecule has 2 aromatic carbocycles. The Balaban J connectivity index is 1.62. The lowest BCUT2D eigenvalue weighted by molar-refractivity contribution is 0.0780. The predicted octanol–water partition coefficient (Wildman–Crippen LogP) is 5.58. The van der Waals surface area contributed by atoms with Gasteiger partial charge in [0.25, 0.3) is 0 Å². The molecule has 0 spiro atoms. The van der Waals surface area contributed by atoms with Gasteiger partial charge >= 0.3 is 0 Å². The van der Waals surface area contributed by atoms with Crippen molar-refractivity contribution in [2.24, 2.45) is 0 Å². The quantitative estimate of drug-likeness (QED) is 0.754. The van der Waals surface area contributed by atoms with E-state index in [0.29, 0.717) is 11.8 Å². The van der Waals surface area contributed by atoms with Crippen molar-refractivity contribution in [2.45, 2.75) is 76.4 Å². The number of benzene rings is 2. The molecule has 1 aliphatic carbocycles. The molecule has 2 N–H and O–H groups in total. The lowest BCUT2D eigenvalue weighted by Gasteiger charge is -2.30. The van der Waals surface area contributed by atoms with E-state index in [4.69, 9.17) is 0 Å². The molecule has 0 atom stereocenters. The molecule has 140 valence electrons. The fourth-order valence-corrected chi connectivity index (χ4v) is 4.09. The standard InChI is InChI=1S/C24H32O2/c1-23(2,25)21-13-9-19(10-14-21)17-5-7-18(8-6-17)20-11-15-22(16-12-20)24(3,4)26/h9-18,25-26H,5-8H2,1-4H3. The summed E-state index contributed by atoms with van der Waals surface area (Å²) in [7, 11) is 0. The highest BCUT2D eigenvalue weighted by atomic mass is 16.3. The van der Waals surface area contributed by atoms with Gasteiger partial charge in [0.15, 0.2) is 0 Å². The SMILES string of the molecule is CC(C)(O)c1ccc(C2CCC(c3ccc(C(C)(C)O)cc3)CC2)cc1. The van der Waals surface area contributed by atoms with E-state index in [2.05, 4.69) is 48.5 Å². The lowest BCUT2D eigenvalue weighted by Crippen LogP contribution is -2.17. The molecule has 2 nitrogen and oxygen atoms in total. The lowest BCUT2D eigenvalue weighted by atomic mass is 9.75. The van der Waals surface area contributed by atoms with Crippen molar-refractivity contribution in [1.29, 1.82) is 0 Å². The Morgan fingerprint density at radius 1 is 0.577 bits per heavy atom. The maximum Gasteiger partial charge on any atom is 0.0840 e. The second-order valence-corrected chi connectivity index (χ2v) is 8.91. The van der Waals surface area contributed by atoms with Crippen molar-refractivity contribution in [2.75, 3.05) is 0 Å². The van der Waals surface area contributed by atoms with E-state index < -0.39 is 11.2 Å². The zero-order chi connectivity index (χ0) is 18.9. The van der Waals surface area contributed by atoms with Crippen LogP contribution in [0.25, 0.3) is 0 Å². The van der Waals surface area contributed by atoms with Gasteiger partial charge in [0.1, 0.15) is 0 Å². The van der Waals surface area contributed by atoms with Crippen molar-refractivity contribution in [3.8, 4) is 0 Å². The first-order valence-corrected chi connectivity index (χ1v) is 9.80. The van der Waals surface area contributed by atoms with Gasteiger partial charge in [-0.3, -0.25) is 0 Å². The average Bonchev–Trinajstić information content (AvgIpc) is 2.61. The second kappa shape index (κ2) is 7.17. The molecule has 0 radical (unpaired) electrons. The van der Waals surface area contributed by atoms with Crippen LogP contribution in [-0.4, -0.2) is 10.2 Å². The summed E-state index contributed by atoms with van der Waals surface area (Å²) in [6.45, 7) is 7.32.